The zero-order chi connectivity index (χ0) is 28.1. The molecule has 0 saturated heterocycles. The molecule has 0 aliphatic rings. The highest BCUT2D eigenvalue weighted by Crippen LogP contribution is 2.44. The van der Waals surface area contributed by atoms with Gasteiger partial charge in [-0.2, -0.15) is 30.7 Å². The predicted octanol–water partition coefficient (Wildman–Crippen LogP) is 8.72. The Bertz CT molecular complexity index is 1190. The minimum Gasteiger partial charge on any atom is -0.429 e. The highest BCUT2D eigenvalue weighted by atomic mass is 19.4. The zero-order valence-corrected chi connectivity index (χ0v) is 20.1. The van der Waals surface area contributed by atoms with Crippen LogP contribution in [0.5, 0.6) is 5.75 Å². The van der Waals surface area contributed by atoms with Crippen LogP contribution in [-0.2, 0) is 18.5 Å². The lowest BCUT2D eigenvalue weighted by molar-refractivity contribution is -0.289. The molecular formula is C26H23F9N2O. The molecule has 0 bridgehead atoms. The molecule has 0 atom stereocenters. The van der Waals surface area contributed by atoms with E-state index in [0.29, 0.717) is 30.7 Å². The van der Waals surface area contributed by atoms with E-state index in [0.717, 1.165) is 37.7 Å². The van der Waals surface area contributed by atoms with Gasteiger partial charge in [0.15, 0.2) is 5.82 Å². The van der Waals surface area contributed by atoms with E-state index < -0.39 is 46.7 Å². The summed E-state index contributed by atoms with van der Waals surface area (Å²) in [7, 11) is 0. The van der Waals surface area contributed by atoms with Gasteiger partial charge < -0.3 is 4.74 Å². The smallest absolute Gasteiger partial charge is 0.429 e. The van der Waals surface area contributed by atoms with Crippen LogP contribution in [0.2, 0.25) is 0 Å². The van der Waals surface area contributed by atoms with Crippen molar-refractivity contribution in [3.05, 3.63) is 77.1 Å². The summed E-state index contributed by atoms with van der Waals surface area (Å²) in [5.41, 5.74) is -2.71. The van der Waals surface area contributed by atoms with E-state index in [-0.39, 0.29) is 23.5 Å². The minimum absolute atomic E-state index is 0.102. The van der Waals surface area contributed by atoms with Gasteiger partial charge in [0.2, 0.25) is 0 Å². The number of ether oxygens (including phenoxy) is 1. The third kappa shape index (κ3) is 6.76. The van der Waals surface area contributed by atoms with Gasteiger partial charge in [-0.15, -0.1) is 0 Å². The van der Waals surface area contributed by atoms with E-state index in [4.69, 9.17) is 0 Å². The van der Waals surface area contributed by atoms with E-state index in [2.05, 4.69) is 21.6 Å². The van der Waals surface area contributed by atoms with E-state index in [1.54, 1.807) is 0 Å². The number of unbranched alkanes of at least 4 members (excludes halogenated alkanes) is 4. The summed E-state index contributed by atoms with van der Waals surface area (Å²) in [6, 6.07) is 2.44. The van der Waals surface area contributed by atoms with Crippen molar-refractivity contribution in [1.29, 1.82) is 0 Å². The van der Waals surface area contributed by atoms with Gasteiger partial charge in [0.25, 0.3) is 0 Å². The molecule has 2 aromatic carbocycles. The molecule has 38 heavy (non-hydrogen) atoms. The highest BCUT2D eigenvalue weighted by molar-refractivity contribution is 5.56. The Labute approximate surface area is 212 Å². The summed E-state index contributed by atoms with van der Waals surface area (Å²) in [5, 5.41) is 0. The molecule has 0 spiro atoms. The number of aromatic nitrogens is 2. The number of rotatable bonds is 11. The first-order chi connectivity index (χ1) is 17.8. The first-order valence-corrected chi connectivity index (χ1v) is 11.7. The normalized spacial score (nSPS) is 12.6. The predicted molar refractivity (Wildman–Crippen MR) is 121 cm³/mol. The number of alkyl halides is 7. The molecule has 3 nitrogen and oxygen atoms in total. The Morgan fingerprint density at radius 1 is 0.763 bits per heavy atom. The Morgan fingerprint density at radius 2 is 1.32 bits per heavy atom. The highest BCUT2D eigenvalue weighted by Gasteiger charge is 2.58. The van der Waals surface area contributed by atoms with Gasteiger partial charge in [0.05, 0.1) is 0 Å². The fourth-order valence-electron chi connectivity index (χ4n) is 3.64. The molecule has 0 radical (unpaired) electrons. The fraction of sp³-hybridized carbons (Fsp3) is 0.385. The van der Waals surface area contributed by atoms with Crippen molar-refractivity contribution < 1.29 is 44.3 Å². The van der Waals surface area contributed by atoms with Gasteiger partial charge in [-0.05, 0) is 54.8 Å². The van der Waals surface area contributed by atoms with Crippen LogP contribution in [0.1, 0.15) is 55.7 Å². The number of hydrogen-bond acceptors (Lipinski definition) is 3. The number of benzene rings is 2. The quantitative estimate of drug-likeness (QED) is 0.177. The molecule has 206 valence electrons. The van der Waals surface area contributed by atoms with Crippen LogP contribution >= 0.6 is 0 Å². The standard InChI is InChI=1S/C26H23F9N2O/c1-2-3-4-5-6-7-16-14-36-23(37-15-16)17-12-20(27)22(21(28)13-17)25(31,32)38-19-10-8-18(9-11-19)24(29,30)26(33,34)35/h8-15H,2-7H2,1H3. The lowest BCUT2D eigenvalue weighted by atomic mass is 10.1. The Hall–Kier alpha value is -3.31. The number of nitrogens with zero attached hydrogens (tertiary/aromatic N) is 2. The maximum Gasteiger partial charge on any atom is 0.458 e. The van der Waals surface area contributed by atoms with Crippen molar-refractivity contribution in [2.45, 2.75) is 63.7 Å². The maximum absolute atomic E-state index is 14.6. The Morgan fingerprint density at radius 3 is 1.84 bits per heavy atom. The summed E-state index contributed by atoms with van der Waals surface area (Å²) in [5.74, 6) is -9.64. The van der Waals surface area contributed by atoms with Crippen LogP contribution in [-0.4, -0.2) is 16.1 Å². The summed E-state index contributed by atoms with van der Waals surface area (Å²) in [6.45, 7) is 2.10. The number of halogens is 9. The monoisotopic (exact) mass is 550 g/mol. The molecule has 12 heteroatoms. The van der Waals surface area contributed by atoms with E-state index >= 15 is 0 Å². The molecule has 0 aliphatic heterocycles. The van der Waals surface area contributed by atoms with E-state index in [1.807, 2.05) is 0 Å². The maximum atomic E-state index is 14.6. The summed E-state index contributed by atoms with van der Waals surface area (Å²) in [6.07, 6.45) is -1.56. The third-order valence-electron chi connectivity index (χ3n) is 5.68. The second-order valence-corrected chi connectivity index (χ2v) is 8.61. The van der Waals surface area contributed by atoms with Crippen molar-refractivity contribution in [2.75, 3.05) is 0 Å². The fourth-order valence-corrected chi connectivity index (χ4v) is 3.64. The van der Waals surface area contributed by atoms with Crippen LogP contribution in [0.3, 0.4) is 0 Å². The molecule has 0 unspecified atom stereocenters. The second kappa shape index (κ2) is 11.6. The molecule has 0 aliphatic carbocycles. The minimum atomic E-state index is -5.91. The van der Waals surface area contributed by atoms with E-state index in [9.17, 15) is 39.5 Å². The van der Waals surface area contributed by atoms with Crippen molar-refractivity contribution in [3.63, 3.8) is 0 Å². The average molecular weight is 550 g/mol. The van der Waals surface area contributed by atoms with Gasteiger partial charge in [-0.3, -0.25) is 0 Å². The molecule has 1 heterocycles. The molecule has 3 rings (SSSR count). The Kier molecular flexibility index (Phi) is 8.94. The van der Waals surface area contributed by atoms with Gasteiger partial charge >= 0.3 is 18.2 Å². The molecule has 1 aromatic heterocycles. The third-order valence-corrected chi connectivity index (χ3v) is 5.68. The summed E-state index contributed by atoms with van der Waals surface area (Å²) < 4.78 is 127. The van der Waals surface area contributed by atoms with E-state index in [1.165, 1.54) is 12.4 Å². The Balaban J connectivity index is 1.75. The first kappa shape index (κ1) is 29.2. The van der Waals surface area contributed by atoms with Crippen molar-refractivity contribution in [2.24, 2.45) is 0 Å². The lowest BCUT2D eigenvalue weighted by Crippen LogP contribution is -2.33. The van der Waals surface area contributed by atoms with Crippen LogP contribution in [0, 0.1) is 11.6 Å². The average Bonchev–Trinajstić information content (AvgIpc) is 2.83. The first-order valence-electron chi connectivity index (χ1n) is 11.7. The van der Waals surface area contributed by atoms with Crippen LogP contribution < -0.4 is 4.74 Å². The van der Waals surface area contributed by atoms with Crippen LogP contribution in [0.15, 0.2) is 48.8 Å². The van der Waals surface area contributed by atoms with Gasteiger partial charge in [0, 0.05) is 23.5 Å². The second-order valence-electron chi connectivity index (χ2n) is 8.61. The molecule has 3 aromatic rings. The number of hydrogen-bond donors (Lipinski definition) is 0. The van der Waals surface area contributed by atoms with Crippen molar-refractivity contribution >= 4 is 0 Å². The van der Waals surface area contributed by atoms with Gasteiger partial charge in [0.1, 0.15) is 22.9 Å². The largest absolute Gasteiger partial charge is 0.458 e. The van der Waals surface area contributed by atoms with Crippen LogP contribution in [0.25, 0.3) is 11.4 Å². The molecule has 0 fully saturated rings. The zero-order valence-electron chi connectivity index (χ0n) is 20.1. The molecule has 0 amide bonds. The topological polar surface area (TPSA) is 35.0 Å². The molecular weight excluding hydrogens is 527 g/mol. The van der Waals surface area contributed by atoms with Crippen LogP contribution in [0.4, 0.5) is 39.5 Å². The SMILES string of the molecule is CCCCCCCc1cnc(-c2cc(F)c(C(F)(F)Oc3ccc(C(F)(F)C(F)(F)F)cc3)c(F)c2)nc1. The van der Waals surface area contributed by atoms with Gasteiger partial charge in [-0.1, -0.05) is 32.6 Å². The molecule has 0 saturated carbocycles. The van der Waals surface area contributed by atoms with Crippen molar-refractivity contribution in [3.8, 4) is 17.1 Å². The number of aryl methyl sites for hydroxylation is 1. The summed E-state index contributed by atoms with van der Waals surface area (Å²) in [4.78, 5) is 8.09. The lowest BCUT2D eigenvalue weighted by Gasteiger charge is -2.22. The van der Waals surface area contributed by atoms with Gasteiger partial charge in [-0.25, -0.2) is 18.7 Å². The molecule has 0 N–H and O–H groups in total. The van der Waals surface area contributed by atoms with Crippen molar-refractivity contribution in [1.82, 2.24) is 9.97 Å². The summed E-state index contributed by atoms with van der Waals surface area (Å²) >= 11 is 0.